The Morgan fingerprint density at radius 1 is 1.10 bits per heavy atom. The topological polar surface area (TPSA) is 67.9 Å². The van der Waals surface area contributed by atoms with E-state index in [4.69, 9.17) is 9.47 Å². The second kappa shape index (κ2) is 8.38. The quantitative estimate of drug-likeness (QED) is 0.794. The summed E-state index contributed by atoms with van der Waals surface area (Å²) in [6.07, 6.45) is 2.31. The summed E-state index contributed by atoms with van der Waals surface area (Å²) in [5, 5.41) is 3.10. The number of nitrogens with one attached hydrogen (secondary N) is 1. The molecule has 0 spiro atoms. The summed E-state index contributed by atoms with van der Waals surface area (Å²) < 4.78 is 10.9. The van der Waals surface area contributed by atoms with Gasteiger partial charge in [-0.25, -0.2) is 0 Å². The molecule has 0 bridgehead atoms. The third-order valence-electron chi connectivity index (χ3n) is 5.89. The van der Waals surface area contributed by atoms with Crippen LogP contribution in [0.3, 0.4) is 0 Å². The monoisotopic (exact) mass is 408 g/mol. The lowest BCUT2D eigenvalue weighted by Crippen LogP contribution is -2.47. The van der Waals surface area contributed by atoms with Gasteiger partial charge >= 0.3 is 0 Å². The second-order valence-electron chi connectivity index (χ2n) is 8.53. The Hall–Kier alpha value is -3.02. The number of nitrogens with zero attached hydrogens (tertiary/aromatic N) is 1. The van der Waals surface area contributed by atoms with Gasteiger partial charge in [-0.2, -0.15) is 0 Å². The number of rotatable bonds is 6. The normalized spacial score (nSPS) is 17.0. The Morgan fingerprint density at radius 2 is 1.87 bits per heavy atom. The van der Waals surface area contributed by atoms with Gasteiger partial charge in [0.1, 0.15) is 6.04 Å². The van der Waals surface area contributed by atoms with Crippen molar-refractivity contribution in [3.8, 4) is 11.5 Å². The van der Waals surface area contributed by atoms with Gasteiger partial charge in [0.2, 0.25) is 18.6 Å². The number of likely N-dealkylation sites (tertiary alicyclic amines) is 1. The van der Waals surface area contributed by atoms with Gasteiger partial charge < -0.3 is 19.7 Å². The first kappa shape index (κ1) is 20.3. The fourth-order valence-corrected chi connectivity index (χ4v) is 4.03. The fraction of sp³-hybridized carbons (Fsp3) is 0.417. The molecule has 1 saturated heterocycles. The van der Waals surface area contributed by atoms with Crippen molar-refractivity contribution in [3.63, 3.8) is 0 Å². The molecule has 30 heavy (non-hydrogen) atoms. The van der Waals surface area contributed by atoms with Crippen LogP contribution in [-0.2, 0) is 15.0 Å². The highest BCUT2D eigenvalue weighted by molar-refractivity contribution is 5.89. The van der Waals surface area contributed by atoms with Crippen LogP contribution in [0.1, 0.15) is 50.3 Å². The van der Waals surface area contributed by atoms with Crippen LogP contribution in [0.4, 0.5) is 0 Å². The molecule has 4 rings (SSSR count). The van der Waals surface area contributed by atoms with Crippen molar-refractivity contribution in [3.05, 3.63) is 59.7 Å². The molecule has 6 heteroatoms. The molecule has 2 aromatic carbocycles. The number of carbonyl (C=O) groups is 2. The lowest BCUT2D eigenvalue weighted by atomic mass is 9.84. The summed E-state index contributed by atoms with van der Waals surface area (Å²) in [5.41, 5.74) is 1.58. The smallest absolute Gasteiger partial charge is 0.247 e. The minimum absolute atomic E-state index is 0.0419. The Balaban J connectivity index is 1.51. The summed E-state index contributed by atoms with van der Waals surface area (Å²) in [4.78, 5) is 27.6. The third kappa shape index (κ3) is 4.13. The first-order chi connectivity index (χ1) is 14.5. The average molecular weight is 408 g/mol. The van der Waals surface area contributed by atoms with Crippen LogP contribution in [0.15, 0.2) is 48.5 Å². The maximum Gasteiger partial charge on any atom is 0.247 e. The molecule has 2 aromatic rings. The number of carbonyl (C=O) groups excluding carboxylic acids is 2. The van der Waals surface area contributed by atoms with Crippen molar-refractivity contribution in [2.45, 2.75) is 44.6 Å². The first-order valence-electron chi connectivity index (χ1n) is 10.5. The fourth-order valence-electron chi connectivity index (χ4n) is 4.03. The van der Waals surface area contributed by atoms with Crippen molar-refractivity contribution < 1.29 is 19.1 Å². The van der Waals surface area contributed by atoms with Gasteiger partial charge in [-0.05, 0) is 36.1 Å². The number of benzene rings is 2. The molecule has 1 N–H and O–H groups in total. The maximum absolute atomic E-state index is 13.3. The van der Waals surface area contributed by atoms with Gasteiger partial charge in [0.15, 0.2) is 11.5 Å². The minimum Gasteiger partial charge on any atom is -0.454 e. The lowest BCUT2D eigenvalue weighted by molar-refractivity contribution is -0.142. The minimum atomic E-state index is -0.605. The van der Waals surface area contributed by atoms with E-state index in [0.29, 0.717) is 19.5 Å². The molecule has 2 aliphatic heterocycles. The van der Waals surface area contributed by atoms with E-state index in [-0.39, 0.29) is 24.0 Å². The van der Waals surface area contributed by atoms with E-state index >= 15 is 0 Å². The Morgan fingerprint density at radius 3 is 2.63 bits per heavy atom. The summed E-state index contributed by atoms with van der Waals surface area (Å²) in [6.45, 7) is 5.44. The van der Waals surface area contributed by atoms with E-state index in [1.165, 1.54) is 0 Å². The molecule has 2 amide bonds. The summed E-state index contributed by atoms with van der Waals surface area (Å²) in [7, 11) is 0. The Kier molecular flexibility index (Phi) is 5.66. The number of hydrogen-bond donors (Lipinski definition) is 1. The van der Waals surface area contributed by atoms with Crippen molar-refractivity contribution in [1.29, 1.82) is 0 Å². The number of fused-ring (bicyclic) bond motifs is 1. The molecular weight excluding hydrogens is 380 g/mol. The average Bonchev–Trinajstić information content (AvgIpc) is 3.23. The second-order valence-corrected chi connectivity index (χ2v) is 8.53. The van der Waals surface area contributed by atoms with Crippen molar-refractivity contribution in [2.75, 3.05) is 19.9 Å². The van der Waals surface area contributed by atoms with E-state index in [1.807, 2.05) is 48.5 Å². The molecule has 0 aromatic heterocycles. The predicted molar refractivity (Wildman–Crippen MR) is 113 cm³/mol. The molecule has 6 nitrogen and oxygen atoms in total. The zero-order valence-electron chi connectivity index (χ0n) is 17.5. The number of amides is 2. The summed E-state index contributed by atoms with van der Waals surface area (Å²) in [6, 6.07) is 14.8. The highest BCUT2D eigenvalue weighted by Gasteiger charge is 2.34. The van der Waals surface area contributed by atoms with Crippen molar-refractivity contribution in [2.24, 2.45) is 0 Å². The van der Waals surface area contributed by atoms with Crippen LogP contribution in [0.5, 0.6) is 11.5 Å². The molecule has 0 aliphatic carbocycles. The van der Waals surface area contributed by atoms with Crippen LogP contribution in [-0.4, -0.2) is 36.6 Å². The summed E-state index contributed by atoms with van der Waals surface area (Å²) >= 11 is 0. The van der Waals surface area contributed by atoms with Gasteiger partial charge in [-0.3, -0.25) is 9.59 Å². The van der Waals surface area contributed by atoms with E-state index in [2.05, 4.69) is 19.2 Å². The molecule has 2 aliphatic rings. The Bertz CT molecular complexity index is 926. The van der Waals surface area contributed by atoms with Crippen molar-refractivity contribution >= 4 is 11.8 Å². The molecule has 1 atom stereocenters. The van der Waals surface area contributed by atoms with Gasteiger partial charge in [-0.1, -0.05) is 50.2 Å². The zero-order valence-corrected chi connectivity index (χ0v) is 17.5. The molecular formula is C24H28N2O4. The standard InChI is InChI=1S/C24H28N2O4/c1-24(2,18-11-12-19-20(14-18)30-16-29-19)15-25-23(28)22(17-8-4-3-5-9-17)26-13-7-6-10-21(26)27/h3-5,8-9,11-12,14,22H,6-7,10,13,15-16H2,1-2H3,(H,25,28). The maximum atomic E-state index is 13.3. The lowest BCUT2D eigenvalue weighted by Gasteiger charge is -2.35. The third-order valence-corrected chi connectivity index (χ3v) is 5.89. The van der Waals surface area contributed by atoms with Gasteiger partial charge in [0, 0.05) is 24.9 Å². The highest BCUT2D eigenvalue weighted by atomic mass is 16.7. The van der Waals surface area contributed by atoms with Crippen LogP contribution in [0, 0.1) is 0 Å². The highest BCUT2D eigenvalue weighted by Crippen LogP contribution is 2.36. The van der Waals surface area contributed by atoms with E-state index in [1.54, 1.807) is 4.90 Å². The SMILES string of the molecule is CC(C)(CNC(=O)C(c1ccccc1)N1CCCCC1=O)c1ccc2c(c1)OCO2. The van der Waals surface area contributed by atoms with Gasteiger partial charge in [-0.15, -0.1) is 0 Å². The molecule has 2 heterocycles. The van der Waals surface area contributed by atoms with Crippen LogP contribution >= 0.6 is 0 Å². The van der Waals surface area contributed by atoms with Crippen molar-refractivity contribution in [1.82, 2.24) is 10.2 Å². The first-order valence-corrected chi connectivity index (χ1v) is 10.5. The van der Waals surface area contributed by atoms with Gasteiger partial charge in [0.05, 0.1) is 0 Å². The molecule has 1 unspecified atom stereocenters. The number of ether oxygens (including phenoxy) is 2. The predicted octanol–water partition coefficient (Wildman–Crippen LogP) is 3.56. The largest absolute Gasteiger partial charge is 0.454 e. The van der Waals surface area contributed by atoms with Crippen LogP contribution < -0.4 is 14.8 Å². The summed E-state index contributed by atoms with van der Waals surface area (Å²) in [5.74, 6) is 1.37. The van der Waals surface area contributed by atoms with E-state index < -0.39 is 6.04 Å². The van der Waals surface area contributed by atoms with Crippen LogP contribution in [0.2, 0.25) is 0 Å². The molecule has 1 fully saturated rings. The molecule has 0 radical (unpaired) electrons. The zero-order chi connectivity index (χ0) is 21.1. The van der Waals surface area contributed by atoms with Crippen LogP contribution in [0.25, 0.3) is 0 Å². The molecule has 0 saturated carbocycles. The molecule has 158 valence electrons. The number of hydrogen-bond acceptors (Lipinski definition) is 4. The number of piperidine rings is 1. The van der Waals surface area contributed by atoms with E-state index in [0.717, 1.165) is 35.5 Å². The van der Waals surface area contributed by atoms with E-state index in [9.17, 15) is 9.59 Å². The van der Waals surface area contributed by atoms with Gasteiger partial charge in [0.25, 0.3) is 0 Å². The Labute approximate surface area is 177 Å².